The Bertz CT molecular complexity index is 800. The van der Waals surface area contributed by atoms with E-state index in [9.17, 15) is 9.59 Å². The molecule has 1 aliphatic rings. The van der Waals surface area contributed by atoms with E-state index >= 15 is 0 Å². The molecule has 0 aliphatic carbocycles. The molecule has 1 N–H and O–H groups in total. The average molecular weight is 374 g/mol. The van der Waals surface area contributed by atoms with Gasteiger partial charge in [-0.05, 0) is 37.6 Å². The second-order valence-corrected chi connectivity index (χ2v) is 7.27. The molecule has 0 spiro atoms. The summed E-state index contributed by atoms with van der Waals surface area (Å²) < 4.78 is 2.16. The van der Waals surface area contributed by atoms with Crippen LogP contribution in [0.2, 0.25) is 5.02 Å². The van der Waals surface area contributed by atoms with Crippen LogP contribution >= 0.6 is 11.6 Å². The molecule has 0 saturated heterocycles. The Balaban J connectivity index is 1.82. The van der Waals surface area contributed by atoms with E-state index in [1.165, 1.54) is 0 Å². The second-order valence-electron chi connectivity index (χ2n) is 6.86. The molecule has 3 rings (SSSR count). The summed E-state index contributed by atoms with van der Waals surface area (Å²) in [5, 5.41) is 3.47. The molecule has 6 heteroatoms. The van der Waals surface area contributed by atoms with Gasteiger partial charge in [-0.1, -0.05) is 29.8 Å². The molecule has 1 aromatic carbocycles. The maximum absolute atomic E-state index is 12.9. The van der Waals surface area contributed by atoms with E-state index in [0.29, 0.717) is 11.6 Å². The van der Waals surface area contributed by atoms with Gasteiger partial charge < -0.3 is 14.8 Å². The summed E-state index contributed by atoms with van der Waals surface area (Å²) in [6.07, 6.45) is 2.42. The molecule has 0 bridgehead atoms. The first-order chi connectivity index (χ1) is 12.5. The minimum atomic E-state index is -0.229. The molecule has 2 heterocycles. The highest BCUT2D eigenvalue weighted by atomic mass is 35.5. The molecule has 0 unspecified atom stereocenters. The number of hydrogen-bond donors (Lipinski definition) is 1. The fourth-order valence-corrected chi connectivity index (χ4v) is 3.67. The lowest BCUT2D eigenvalue weighted by Crippen LogP contribution is -2.43. The van der Waals surface area contributed by atoms with Gasteiger partial charge in [0.1, 0.15) is 0 Å². The average Bonchev–Trinajstić information content (AvgIpc) is 3.07. The number of rotatable bonds is 5. The van der Waals surface area contributed by atoms with Crippen LogP contribution in [0.3, 0.4) is 0 Å². The van der Waals surface area contributed by atoms with Crippen molar-refractivity contribution >= 4 is 23.4 Å². The smallest absolute Gasteiger partial charge is 0.223 e. The summed E-state index contributed by atoms with van der Waals surface area (Å²) in [7, 11) is 0. The van der Waals surface area contributed by atoms with Crippen molar-refractivity contribution in [3.8, 4) is 0 Å². The molecule has 0 fully saturated rings. The van der Waals surface area contributed by atoms with E-state index < -0.39 is 0 Å². The molecule has 5 nitrogen and oxygen atoms in total. The highest BCUT2D eigenvalue weighted by molar-refractivity contribution is 6.31. The minimum Gasteiger partial charge on any atom is -0.354 e. The topological polar surface area (TPSA) is 54.3 Å². The van der Waals surface area contributed by atoms with Crippen LogP contribution in [0.5, 0.6) is 0 Å². The fourth-order valence-electron chi connectivity index (χ4n) is 3.43. The normalized spacial score (nSPS) is 16.5. The van der Waals surface area contributed by atoms with Crippen LogP contribution < -0.4 is 5.32 Å². The van der Waals surface area contributed by atoms with Crippen molar-refractivity contribution in [2.45, 2.75) is 45.3 Å². The quantitative estimate of drug-likeness (QED) is 0.873. The van der Waals surface area contributed by atoms with Crippen molar-refractivity contribution in [2.24, 2.45) is 0 Å². The number of carbonyl (C=O) groups excluding carboxylic acids is 2. The number of aromatic nitrogens is 1. The Morgan fingerprint density at radius 3 is 2.65 bits per heavy atom. The van der Waals surface area contributed by atoms with Crippen molar-refractivity contribution in [1.29, 1.82) is 0 Å². The first-order valence-corrected chi connectivity index (χ1v) is 9.33. The first-order valence-electron chi connectivity index (χ1n) is 8.95. The molecule has 0 radical (unpaired) electrons. The molecule has 1 aliphatic heterocycles. The molecule has 26 heavy (non-hydrogen) atoms. The highest BCUT2D eigenvalue weighted by Crippen LogP contribution is 2.36. The zero-order valence-corrected chi connectivity index (χ0v) is 15.9. The van der Waals surface area contributed by atoms with Crippen molar-refractivity contribution in [3.05, 3.63) is 58.9 Å². The van der Waals surface area contributed by atoms with Crippen LogP contribution in [0, 0.1) is 0 Å². The maximum Gasteiger partial charge on any atom is 0.223 e. The summed E-state index contributed by atoms with van der Waals surface area (Å²) in [6.45, 7) is 5.16. The number of nitrogens with zero attached hydrogens (tertiary/aromatic N) is 2. The van der Waals surface area contributed by atoms with Crippen molar-refractivity contribution in [2.75, 3.05) is 6.54 Å². The zero-order valence-electron chi connectivity index (χ0n) is 15.1. The molecular formula is C20H24ClN3O2. The maximum atomic E-state index is 12.9. The summed E-state index contributed by atoms with van der Waals surface area (Å²) in [6, 6.07) is 11.5. The summed E-state index contributed by atoms with van der Waals surface area (Å²) in [4.78, 5) is 26.7. The molecular weight excluding hydrogens is 350 g/mol. The van der Waals surface area contributed by atoms with E-state index in [0.717, 1.165) is 17.8 Å². The lowest BCUT2D eigenvalue weighted by Gasteiger charge is -2.37. The van der Waals surface area contributed by atoms with Gasteiger partial charge in [-0.3, -0.25) is 9.59 Å². The molecule has 2 aromatic rings. The standard InChI is InChI=1S/C20H24ClN3O2/c1-14(2)22-18(25)9-10-19(26)24-13-12-23-11-5-8-17(23)20(24)15-6-3-4-7-16(15)21/h3-8,11,14,20H,9-10,12-13H2,1-2H3,(H,22,25)/t20-/m1/s1. The van der Waals surface area contributed by atoms with Crippen LogP contribution in [0.15, 0.2) is 42.6 Å². The Hall–Kier alpha value is -2.27. The van der Waals surface area contributed by atoms with Gasteiger partial charge in [-0.15, -0.1) is 0 Å². The number of carbonyl (C=O) groups is 2. The zero-order chi connectivity index (χ0) is 18.7. The Labute approximate surface area is 158 Å². The van der Waals surface area contributed by atoms with E-state index in [4.69, 9.17) is 11.6 Å². The van der Waals surface area contributed by atoms with Crippen LogP contribution in [-0.2, 0) is 16.1 Å². The first kappa shape index (κ1) is 18.5. The van der Waals surface area contributed by atoms with Gasteiger partial charge in [0.2, 0.25) is 11.8 Å². The second kappa shape index (κ2) is 7.96. The molecule has 0 saturated carbocycles. The predicted molar refractivity (Wildman–Crippen MR) is 102 cm³/mol. The predicted octanol–water partition coefficient (Wildman–Crippen LogP) is 3.38. The number of amides is 2. The third-order valence-electron chi connectivity index (χ3n) is 4.57. The van der Waals surface area contributed by atoms with E-state index in [1.54, 1.807) is 0 Å². The minimum absolute atomic E-state index is 0.0266. The van der Waals surface area contributed by atoms with Gasteiger partial charge in [0, 0.05) is 48.9 Å². The summed E-state index contributed by atoms with van der Waals surface area (Å²) in [5.41, 5.74) is 1.96. The van der Waals surface area contributed by atoms with E-state index in [-0.39, 0.29) is 36.7 Å². The number of benzene rings is 1. The number of halogens is 1. The van der Waals surface area contributed by atoms with Crippen molar-refractivity contribution in [1.82, 2.24) is 14.8 Å². The number of hydrogen-bond acceptors (Lipinski definition) is 2. The van der Waals surface area contributed by atoms with E-state index in [2.05, 4.69) is 9.88 Å². The number of fused-ring (bicyclic) bond motifs is 1. The van der Waals surface area contributed by atoms with Gasteiger partial charge in [0.25, 0.3) is 0 Å². The molecule has 2 amide bonds. The number of nitrogens with one attached hydrogen (secondary N) is 1. The van der Waals surface area contributed by atoms with Gasteiger partial charge in [0.05, 0.1) is 6.04 Å². The van der Waals surface area contributed by atoms with Gasteiger partial charge in [-0.25, -0.2) is 0 Å². The lowest BCUT2D eigenvalue weighted by atomic mass is 9.99. The highest BCUT2D eigenvalue weighted by Gasteiger charge is 2.33. The Morgan fingerprint density at radius 1 is 1.15 bits per heavy atom. The van der Waals surface area contributed by atoms with Crippen LogP contribution in [0.1, 0.15) is 44.0 Å². The van der Waals surface area contributed by atoms with Gasteiger partial charge >= 0.3 is 0 Å². The van der Waals surface area contributed by atoms with Crippen LogP contribution in [0.4, 0.5) is 0 Å². The molecule has 1 aromatic heterocycles. The third-order valence-corrected chi connectivity index (χ3v) is 4.92. The summed E-state index contributed by atoms with van der Waals surface area (Å²) >= 11 is 6.43. The Morgan fingerprint density at radius 2 is 1.92 bits per heavy atom. The monoisotopic (exact) mass is 373 g/mol. The molecule has 138 valence electrons. The SMILES string of the molecule is CC(C)NC(=O)CCC(=O)N1CCn2cccc2[C@H]1c1ccccc1Cl. The van der Waals surface area contributed by atoms with Crippen molar-refractivity contribution < 1.29 is 9.59 Å². The fraction of sp³-hybridized carbons (Fsp3) is 0.400. The Kier molecular flexibility index (Phi) is 5.67. The lowest BCUT2D eigenvalue weighted by molar-refractivity contribution is -0.136. The third kappa shape index (κ3) is 3.93. The van der Waals surface area contributed by atoms with Gasteiger partial charge in [0.15, 0.2) is 0 Å². The van der Waals surface area contributed by atoms with E-state index in [1.807, 2.05) is 61.3 Å². The van der Waals surface area contributed by atoms with Gasteiger partial charge in [-0.2, -0.15) is 0 Å². The van der Waals surface area contributed by atoms with Crippen molar-refractivity contribution in [3.63, 3.8) is 0 Å². The molecule has 1 atom stereocenters. The van der Waals surface area contributed by atoms with Crippen LogP contribution in [0.25, 0.3) is 0 Å². The summed E-state index contributed by atoms with van der Waals surface area (Å²) in [5.74, 6) is -0.121. The van der Waals surface area contributed by atoms with Crippen LogP contribution in [-0.4, -0.2) is 33.9 Å². The largest absolute Gasteiger partial charge is 0.354 e.